The molecule has 2 aromatic carbocycles. The number of amides is 1. The molecule has 3 aromatic rings. The highest BCUT2D eigenvalue weighted by atomic mass is 33.1. The second-order valence-corrected chi connectivity index (χ2v) is 9.90. The molecular formula is C26H30N2O3S2. The minimum absolute atomic E-state index is 0.0564. The van der Waals surface area contributed by atoms with Gasteiger partial charge in [0.05, 0.1) is 14.2 Å². The maximum atomic E-state index is 12.3. The summed E-state index contributed by atoms with van der Waals surface area (Å²) in [5.74, 6) is 2.47. The summed E-state index contributed by atoms with van der Waals surface area (Å²) in [7, 11) is 6.67. The highest BCUT2D eigenvalue weighted by molar-refractivity contribution is 8.76. The first-order valence-corrected chi connectivity index (χ1v) is 13.3. The Hall–Kier alpha value is -2.64. The van der Waals surface area contributed by atoms with Crippen molar-refractivity contribution in [1.29, 1.82) is 0 Å². The monoisotopic (exact) mass is 482 g/mol. The second kappa shape index (κ2) is 13.8. The van der Waals surface area contributed by atoms with Crippen molar-refractivity contribution in [2.24, 2.45) is 0 Å². The zero-order chi connectivity index (χ0) is 23.3. The molecule has 1 amide bonds. The van der Waals surface area contributed by atoms with Crippen LogP contribution in [0.2, 0.25) is 0 Å². The first-order chi connectivity index (χ1) is 16.2. The van der Waals surface area contributed by atoms with Crippen LogP contribution in [0.4, 0.5) is 5.69 Å². The molecule has 1 N–H and O–H groups in total. The molecule has 174 valence electrons. The number of methoxy groups -OCH3 is 2. The van der Waals surface area contributed by atoms with Gasteiger partial charge in [-0.1, -0.05) is 35.1 Å². The summed E-state index contributed by atoms with van der Waals surface area (Å²) in [6.45, 7) is 0. The van der Waals surface area contributed by atoms with E-state index in [1.54, 1.807) is 42.0 Å². The Labute approximate surface area is 204 Å². The number of hydrogen-bond acceptors (Lipinski definition) is 6. The summed E-state index contributed by atoms with van der Waals surface area (Å²) in [6.07, 6.45) is 6.05. The number of pyridine rings is 1. The molecule has 0 atom stereocenters. The summed E-state index contributed by atoms with van der Waals surface area (Å²) in [5.41, 5.74) is 3.30. The highest BCUT2D eigenvalue weighted by Gasteiger charge is 2.06. The lowest BCUT2D eigenvalue weighted by Crippen LogP contribution is -2.11. The summed E-state index contributed by atoms with van der Waals surface area (Å²) in [5, 5.41) is 4.02. The molecule has 0 aliphatic rings. The van der Waals surface area contributed by atoms with E-state index in [1.807, 2.05) is 42.5 Å². The van der Waals surface area contributed by atoms with Crippen molar-refractivity contribution < 1.29 is 14.3 Å². The van der Waals surface area contributed by atoms with Gasteiger partial charge in [-0.3, -0.25) is 4.79 Å². The number of carbonyl (C=O) groups is 1. The molecule has 0 radical (unpaired) electrons. The first-order valence-electron chi connectivity index (χ1n) is 11.0. The van der Waals surface area contributed by atoms with Crippen molar-refractivity contribution in [2.45, 2.75) is 37.1 Å². The minimum Gasteiger partial charge on any atom is -0.493 e. The van der Waals surface area contributed by atoms with Crippen LogP contribution in [-0.2, 0) is 17.6 Å². The van der Waals surface area contributed by atoms with E-state index in [4.69, 9.17) is 9.47 Å². The van der Waals surface area contributed by atoms with Gasteiger partial charge in [-0.25, -0.2) is 4.98 Å². The molecule has 33 heavy (non-hydrogen) atoms. The van der Waals surface area contributed by atoms with Gasteiger partial charge in [-0.05, 0) is 84.0 Å². The molecular weight excluding hydrogens is 452 g/mol. The molecule has 3 rings (SSSR count). The number of ether oxygens (including phenoxy) is 2. The zero-order valence-corrected chi connectivity index (χ0v) is 20.7. The molecule has 1 heterocycles. The van der Waals surface area contributed by atoms with Crippen LogP contribution in [0.25, 0.3) is 0 Å². The van der Waals surface area contributed by atoms with Gasteiger partial charge in [-0.15, -0.1) is 0 Å². The van der Waals surface area contributed by atoms with Crippen molar-refractivity contribution in [1.82, 2.24) is 4.98 Å². The van der Waals surface area contributed by atoms with E-state index >= 15 is 0 Å². The van der Waals surface area contributed by atoms with Crippen molar-refractivity contribution in [2.75, 3.05) is 25.3 Å². The van der Waals surface area contributed by atoms with Gasteiger partial charge < -0.3 is 14.8 Å². The van der Waals surface area contributed by atoms with E-state index in [1.165, 1.54) is 11.1 Å². The molecule has 0 bridgehead atoms. The van der Waals surface area contributed by atoms with Crippen molar-refractivity contribution in [3.05, 3.63) is 78.0 Å². The standard InChI is InChI=1S/C26H30N2O3S2/c1-30-23-15-14-21(19-24(23)31-2)9-5-8-20-10-6-11-22(18-20)28-25(29)12-7-17-32-33-26-13-3-4-16-27-26/h3-4,6,10-11,13-16,18-19H,5,7-9,12,17H2,1-2H3,(H,28,29). The number of anilines is 1. The third kappa shape index (κ3) is 8.67. The number of aryl methyl sites for hydroxylation is 2. The Morgan fingerprint density at radius 1 is 0.909 bits per heavy atom. The Bertz CT molecular complexity index is 1020. The third-order valence-corrected chi connectivity index (χ3v) is 7.35. The first kappa shape index (κ1) is 25.0. The Balaban J connectivity index is 1.37. The number of rotatable bonds is 13. The fourth-order valence-corrected chi connectivity index (χ4v) is 5.32. The predicted octanol–water partition coefficient (Wildman–Crippen LogP) is 6.43. The van der Waals surface area contributed by atoms with Gasteiger partial charge in [0, 0.05) is 24.1 Å². The average molecular weight is 483 g/mol. The van der Waals surface area contributed by atoms with E-state index in [9.17, 15) is 4.79 Å². The van der Waals surface area contributed by atoms with Crippen LogP contribution in [0.1, 0.15) is 30.4 Å². The SMILES string of the molecule is COc1ccc(CCCc2cccc(NC(=O)CCCSSc3ccccn3)c2)cc1OC. The van der Waals surface area contributed by atoms with Gasteiger partial charge in [0.1, 0.15) is 5.03 Å². The maximum absolute atomic E-state index is 12.3. The number of carbonyl (C=O) groups excluding carboxylic acids is 1. The third-order valence-electron chi connectivity index (χ3n) is 5.00. The van der Waals surface area contributed by atoms with Crippen molar-refractivity contribution in [3.63, 3.8) is 0 Å². The van der Waals surface area contributed by atoms with Gasteiger partial charge in [0.2, 0.25) is 5.91 Å². The lowest BCUT2D eigenvalue weighted by molar-refractivity contribution is -0.116. The highest BCUT2D eigenvalue weighted by Crippen LogP contribution is 2.30. The topological polar surface area (TPSA) is 60.5 Å². The van der Waals surface area contributed by atoms with Gasteiger partial charge in [0.15, 0.2) is 11.5 Å². The number of nitrogens with zero attached hydrogens (tertiary/aromatic N) is 1. The number of aromatic nitrogens is 1. The smallest absolute Gasteiger partial charge is 0.224 e. The van der Waals surface area contributed by atoms with Crippen LogP contribution in [0.15, 0.2) is 71.9 Å². The van der Waals surface area contributed by atoms with Crippen molar-refractivity contribution >= 4 is 33.2 Å². The lowest BCUT2D eigenvalue weighted by Gasteiger charge is -2.10. The molecule has 0 saturated carbocycles. The van der Waals surface area contributed by atoms with Gasteiger partial charge in [-0.2, -0.15) is 0 Å². The van der Waals surface area contributed by atoms with Crippen LogP contribution in [0, 0.1) is 0 Å². The normalized spacial score (nSPS) is 10.6. The minimum atomic E-state index is 0.0564. The zero-order valence-electron chi connectivity index (χ0n) is 19.1. The van der Waals surface area contributed by atoms with Crippen LogP contribution >= 0.6 is 21.6 Å². The molecule has 0 saturated heterocycles. The molecule has 1 aromatic heterocycles. The molecule has 7 heteroatoms. The fourth-order valence-electron chi connectivity index (χ4n) is 3.35. The Morgan fingerprint density at radius 2 is 1.73 bits per heavy atom. The summed E-state index contributed by atoms with van der Waals surface area (Å²) in [4.78, 5) is 16.6. The Morgan fingerprint density at radius 3 is 2.48 bits per heavy atom. The van der Waals surface area contributed by atoms with Crippen molar-refractivity contribution in [3.8, 4) is 11.5 Å². The van der Waals surface area contributed by atoms with Crippen LogP contribution in [-0.4, -0.2) is 30.9 Å². The molecule has 0 spiro atoms. The Kier molecular flexibility index (Phi) is 10.5. The fraction of sp³-hybridized carbons (Fsp3) is 0.308. The molecule has 5 nitrogen and oxygen atoms in total. The molecule has 0 fully saturated rings. The quantitative estimate of drug-likeness (QED) is 0.224. The molecule has 0 unspecified atom stereocenters. The van der Waals surface area contributed by atoms with Crippen LogP contribution in [0.5, 0.6) is 11.5 Å². The summed E-state index contributed by atoms with van der Waals surface area (Å²) < 4.78 is 10.7. The summed E-state index contributed by atoms with van der Waals surface area (Å²) in [6, 6.07) is 20.1. The van der Waals surface area contributed by atoms with E-state index < -0.39 is 0 Å². The summed E-state index contributed by atoms with van der Waals surface area (Å²) >= 11 is 0. The van der Waals surface area contributed by atoms with E-state index in [0.717, 1.165) is 53.6 Å². The average Bonchev–Trinajstić information content (AvgIpc) is 2.84. The second-order valence-electron chi connectivity index (χ2n) is 7.47. The van der Waals surface area contributed by atoms with E-state index in [-0.39, 0.29) is 5.91 Å². The number of hydrogen-bond donors (Lipinski definition) is 1. The lowest BCUT2D eigenvalue weighted by atomic mass is 10.0. The van der Waals surface area contributed by atoms with Crippen LogP contribution in [0.3, 0.4) is 0 Å². The largest absolute Gasteiger partial charge is 0.493 e. The number of benzene rings is 2. The van der Waals surface area contributed by atoms with Gasteiger partial charge in [0.25, 0.3) is 0 Å². The van der Waals surface area contributed by atoms with E-state index in [2.05, 4.69) is 28.5 Å². The van der Waals surface area contributed by atoms with Gasteiger partial charge >= 0.3 is 0 Å². The predicted molar refractivity (Wildman–Crippen MR) is 138 cm³/mol. The number of nitrogens with one attached hydrogen (secondary N) is 1. The molecule has 0 aliphatic carbocycles. The maximum Gasteiger partial charge on any atom is 0.224 e. The van der Waals surface area contributed by atoms with E-state index in [0.29, 0.717) is 6.42 Å². The molecule has 0 aliphatic heterocycles. The van der Waals surface area contributed by atoms with Crippen LogP contribution < -0.4 is 14.8 Å².